The van der Waals surface area contributed by atoms with Gasteiger partial charge in [0.2, 0.25) is 0 Å². The largest absolute Gasteiger partial charge is 0.429 e. The van der Waals surface area contributed by atoms with Crippen LogP contribution in [0.25, 0.3) is 0 Å². The van der Waals surface area contributed by atoms with Crippen molar-refractivity contribution in [2.75, 3.05) is 11.9 Å². The first kappa shape index (κ1) is 9.80. The number of anilines is 1. The predicted molar refractivity (Wildman–Crippen MR) is 50.5 cm³/mol. The summed E-state index contributed by atoms with van der Waals surface area (Å²) in [7, 11) is 0. The summed E-state index contributed by atoms with van der Waals surface area (Å²) in [6.45, 7) is -0.571. The number of benzene rings is 1. The van der Waals surface area contributed by atoms with Crippen molar-refractivity contribution in [3.05, 3.63) is 22.2 Å². The third-order valence-corrected chi connectivity index (χ3v) is 2.49. The Bertz CT molecular complexity index is 384. The molecule has 0 fully saturated rings. The molecule has 6 heteroatoms. The molecule has 1 aromatic carbocycles. The Morgan fingerprint density at radius 3 is 2.64 bits per heavy atom. The first-order chi connectivity index (χ1) is 6.48. The molecule has 76 valence electrons. The molecule has 1 aliphatic heterocycles. The van der Waals surface area contributed by atoms with Gasteiger partial charge in [0.15, 0.2) is 5.75 Å². The summed E-state index contributed by atoms with van der Waals surface area (Å²) in [6, 6.07) is 2.72. The normalized spacial score (nSPS) is 18.0. The van der Waals surface area contributed by atoms with Gasteiger partial charge < -0.3 is 10.1 Å². The van der Waals surface area contributed by atoms with E-state index in [1.807, 2.05) is 0 Å². The average Bonchev–Trinajstić information content (AvgIpc) is 2.07. The van der Waals surface area contributed by atoms with E-state index in [2.05, 4.69) is 10.1 Å². The summed E-state index contributed by atoms with van der Waals surface area (Å²) in [5.41, 5.74) is 0.422. The van der Waals surface area contributed by atoms with Gasteiger partial charge in [-0.05, 0) is 6.07 Å². The maximum atomic E-state index is 12.8. The van der Waals surface area contributed by atoms with Crippen molar-refractivity contribution in [2.45, 2.75) is 6.11 Å². The van der Waals surface area contributed by atoms with Gasteiger partial charge in [-0.2, -0.15) is 8.78 Å². The number of alkyl halides is 2. The number of ether oxygens (including phenoxy) is 1. The van der Waals surface area contributed by atoms with Gasteiger partial charge in [-0.15, -0.1) is 0 Å². The third-order valence-electron chi connectivity index (χ3n) is 1.77. The quantitative estimate of drug-likeness (QED) is 0.750. The van der Waals surface area contributed by atoms with Gasteiger partial charge in [0.1, 0.15) is 6.54 Å². The highest BCUT2D eigenvalue weighted by molar-refractivity contribution is 6.42. The fraction of sp³-hybridized carbons (Fsp3) is 0.250. The van der Waals surface area contributed by atoms with Crippen molar-refractivity contribution in [1.29, 1.82) is 0 Å². The lowest BCUT2D eigenvalue weighted by atomic mass is 10.2. The van der Waals surface area contributed by atoms with Gasteiger partial charge >= 0.3 is 6.11 Å². The SMILES string of the molecule is FC1(F)CNc2cc(Cl)c(Cl)cc2O1. The number of halogens is 4. The van der Waals surface area contributed by atoms with Crippen LogP contribution in [0, 0.1) is 0 Å². The zero-order valence-corrected chi connectivity index (χ0v) is 8.29. The molecule has 0 atom stereocenters. The fourth-order valence-corrected chi connectivity index (χ4v) is 1.46. The highest BCUT2D eigenvalue weighted by Crippen LogP contribution is 2.39. The zero-order chi connectivity index (χ0) is 10.3. The van der Waals surface area contributed by atoms with Crippen LogP contribution in [0.4, 0.5) is 14.5 Å². The lowest BCUT2D eigenvalue weighted by Gasteiger charge is -2.26. The zero-order valence-electron chi connectivity index (χ0n) is 6.78. The Morgan fingerprint density at radius 2 is 1.93 bits per heavy atom. The molecule has 0 bridgehead atoms. The van der Waals surface area contributed by atoms with Crippen LogP contribution in [-0.4, -0.2) is 12.7 Å². The highest BCUT2D eigenvalue weighted by atomic mass is 35.5. The number of fused-ring (bicyclic) bond motifs is 1. The van der Waals surface area contributed by atoms with Gasteiger partial charge in [0.05, 0.1) is 15.7 Å². The van der Waals surface area contributed by atoms with Crippen molar-refractivity contribution in [3.8, 4) is 5.75 Å². The van der Waals surface area contributed by atoms with Gasteiger partial charge in [0, 0.05) is 6.07 Å². The second-order valence-corrected chi connectivity index (χ2v) is 3.67. The van der Waals surface area contributed by atoms with Crippen LogP contribution in [0.5, 0.6) is 5.75 Å². The van der Waals surface area contributed by atoms with Crippen LogP contribution in [0.3, 0.4) is 0 Å². The number of rotatable bonds is 0. The van der Waals surface area contributed by atoms with E-state index in [0.717, 1.165) is 0 Å². The number of hydrogen-bond acceptors (Lipinski definition) is 2. The molecule has 14 heavy (non-hydrogen) atoms. The molecule has 2 rings (SSSR count). The van der Waals surface area contributed by atoms with E-state index in [0.29, 0.717) is 10.7 Å². The number of hydrogen-bond donors (Lipinski definition) is 1. The molecule has 0 unspecified atom stereocenters. The van der Waals surface area contributed by atoms with Crippen LogP contribution in [0.1, 0.15) is 0 Å². The van der Waals surface area contributed by atoms with E-state index in [4.69, 9.17) is 23.2 Å². The molecule has 0 radical (unpaired) electrons. The molecule has 1 heterocycles. The van der Waals surface area contributed by atoms with Gasteiger partial charge in [-0.3, -0.25) is 0 Å². The maximum Gasteiger partial charge on any atom is 0.415 e. The minimum absolute atomic E-state index is 0.00986. The van der Waals surface area contributed by atoms with Crippen molar-refractivity contribution in [2.24, 2.45) is 0 Å². The Morgan fingerprint density at radius 1 is 1.29 bits per heavy atom. The second-order valence-electron chi connectivity index (χ2n) is 2.86. The second kappa shape index (κ2) is 3.14. The molecule has 1 N–H and O–H groups in total. The van der Waals surface area contributed by atoms with Gasteiger partial charge in [-0.25, -0.2) is 0 Å². The third kappa shape index (κ3) is 1.72. The Labute approximate surface area is 88.8 Å². The predicted octanol–water partition coefficient (Wildman–Crippen LogP) is 3.39. The van der Waals surface area contributed by atoms with E-state index in [-0.39, 0.29) is 10.8 Å². The maximum absolute atomic E-state index is 12.8. The Kier molecular flexibility index (Phi) is 2.20. The van der Waals surface area contributed by atoms with Crippen LogP contribution in [0.15, 0.2) is 12.1 Å². The van der Waals surface area contributed by atoms with Crippen LogP contribution < -0.4 is 10.1 Å². The fourth-order valence-electron chi connectivity index (χ4n) is 1.15. The molecule has 1 aromatic rings. The Balaban J connectivity index is 2.43. The summed E-state index contributed by atoms with van der Waals surface area (Å²) < 4.78 is 29.9. The molecule has 0 aliphatic carbocycles. The standard InChI is InChI=1S/C8H5Cl2F2NO/c9-4-1-6-7(2-5(4)10)14-8(11,12)3-13-6/h1-2,13H,3H2. The van der Waals surface area contributed by atoms with E-state index < -0.39 is 12.7 Å². The van der Waals surface area contributed by atoms with Crippen molar-refractivity contribution in [1.82, 2.24) is 0 Å². The Hall–Kier alpha value is -0.740. The highest BCUT2D eigenvalue weighted by Gasteiger charge is 2.36. The monoisotopic (exact) mass is 239 g/mol. The minimum Gasteiger partial charge on any atom is -0.429 e. The summed E-state index contributed by atoms with van der Waals surface area (Å²) in [6.07, 6.45) is -3.20. The molecule has 2 nitrogen and oxygen atoms in total. The molecule has 0 saturated heterocycles. The summed E-state index contributed by atoms with van der Waals surface area (Å²) >= 11 is 11.4. The minimum atomic E-state index is -3.20. The summed E-state index contributed by atoms with van der Waals surface area (Å²) in [5.74, 6) is 0.00986. The molecule has 0 saturated carbocycles. The van der Waals surface area contributed by atoms with E-state index in [1.165, 1.54) is 12.1 Å². The lowest BCUT2D eigenvalue weighted by Crippen LogP contribution is -2.37. The summed E-state index contributed by atoms with van der Waals surface area (Å²) in [5, 5.41) is 2.99. The first-order valence-electron chi connectivity index (χ1n) is 3.78. The van der Waals surface area contributed by atoms with E-state index >= 15 is 0 Å². The molecule has 1 aliphatic rings. The first-order valence-corrected chi connectivity index (χ1v) is 4.53. The average molecular weight is 240 g/mol. The smallest absolute Gasteiger partial charge is 0.415 e. The molecular weight excluding hydrogens is 235 g/mol. The molecule has 0 amide bonds. The van der Waals surface area contributed by atoms with E-state index in [1.54, 1.807) is 0 Å². The van der Waals surface area contributed by atoms with Crippen molar-refractivity contribution < 1.29 is 13.5 Å². The summed E-state index contributed by atoms with van der Waals surface area (Å²) in [4.78, 5) is 0. The van der Waals surface area contributed by atoms with E-state index in [9.17, 15) is 8.78 Å². The molecule has 0 spiro atoms. The lowest BCUT2D eigenvalue weighted by molar-refractivity contribution is -0.166. The van der Waals surface area contributed by atoms with Crippen molar-refractivity contribution in [3.63, 3.8) is 0 Å². The van der Waals surface area contributed by atoms with Crippen LogP contribution >= 0.6 is 23.2 Å². The van der Waals surface area contributed by atoms with Crippen LogP contribution in [-0.2, 0) is 0 Å². The van der Waals surface area contributed by atoms with Gasteiger partial charge in [-0.1, -0.05) is 23.2 Å². The molecular formula is C8H5Cl2F2NO. The topological polar surface area (TPSA) is 21.3 Å². The van der Waals surface area contributed by atoms with Crippen LogP contribution in [0.2, 0.25) is 10.0 Å². The van der Waals surface area contributed by atoms with Crippen molar-refractivity contribution >= 4 is 28.9 Å². The van der Waals surface area contributed by atoms with Gasteiger partial charge in [0.25, 0.3) is 0 Å². The molecule has 0 aromatic heterocycles. The number of nitrogens with one attached hydrogen (secondary N) is 1.